The second-order valence-electron chi connectivity index (χ2n) is 5.60. The molecule has 0 bridgehead atoms. The van der Waals surface area contributed by atoms with Crippen LogP contribution in [0.15, 0.2) is 53.6 Å². The number of carbonyl (C=O) groups is 1. The Kier molecular flexibility index (Phi) is 4.62. The van der Waals surface area contributed by atoms with Gasteiger partial charge in [-0.1, -0.05) is 18.2 Å². The molecule has 122 valence electrons. The Morgan fingerprint density at radius 1 is 1.12 bits per heavy atom. The molecule has 1 amide bonds. The van der Waals surface area contributed by atoms with Crippen LogP contribution in [0.1, 0.15) is 31.5 Å². The maximum atomic E-state index is 12.4. The van der Waals surface area contributed by atoms with Crippen molar-refractivity contribution >= 4 is 23.5 Å². The fourth-order valence-electron chi connectivity index (χ4n) is 2.70. The molecule has 0 atom stereocenters. The van der Waals surface area contributed by atoms with E-state index in [0.717, 1.165) is 22.0 Å². The molecule has 0 radical (unpaired) electrons. The Balaban J connectivity index is 1.80. The number of hydrogen-bond acceptors (Lipinski definition) is 3. The van der Waals surface area contributed by atoms with E-state index in [0.29, 0.717) is 5.56 Å². The van der Waals surface area contributed by atoms with Crippen LogP contribution in [-0.4, -0.2) is 16.7 Å². The van der Waals surface area contributed by atoms with Crippen LogP contribution in [0, 0.1) is 20.8 Å². The Morgan fingerprint density at radius 2 is 1.88 bits per heavy atom. The minimum Gasteiger partial charge on any atom is -0.318 e. The van der Waals surface area contributed by atoms with Gasteiger partial charge in [-0.2, -0.15) is 5.10 Å². The Morgan fingerprint density at radius 3 is 2.54 bits per heavy atom. The van der Waals surface area contributed by atoms with Crippen LogP contribution in [0.2, 0.25) is 0 Å². The summed E-state index contributed by atoms with van der Waals surface area (Å²) in [5.74, 6) is -0.199. The van der Waals surface area contributed by atoms with Crippen LogP contribution in [0.5, 0.6) is 0 Å². The lowest BCUT2D eigenvalue weighted by Gasteiger charge is -2.09. The van der Waals surface area contributed by atoms with Gasteiger partial charge in [0.25, 0.3) is 5.91 Å². The first-order valence-electron chi connectivity index (χ1n) is 7.70. The number of aromatic nitrogens is 1. The third-order valence-corrected chi connectivity index (χ3v) is 4.74. The second kappa shape index (κ2) is 6.84. The predicted molar refractivity (Wildman–Crippen MR) is 99.4 cm³/mol. The number of para-hydroxylation sites is 1. The zero-order chi connectivity index (χ0) is 17.1. The molecule has 0 fully saturated rings. The highest BCUT2D eigenvalue weighted by atomic mass is 32.1. The monoisotopic (exact) mass is 337 g/mol. The Bertz CT molecular complexity index is 891. The van der Waals surface area contributed by atoms with Crippen molar-refractivity contribution < 1.29 is 4.79 Å². The van der Waals surface area contributed by atoms with Gasteiger partial charge in [-0.15, -0.1) is 11.3 Å². The molecule has 0 aliphatic carbocycles. The first-order chi connectivity index (χ1) is 11.6. The van der Waals surface area contributed by atoms with E-state index < -0.39 is 0 Å². The van der Waals surface area contributed by atoms with Crippen molar-refractivity contribution in [2.75, 3.05) is 0 Å². The van der Waals surface area contributed by atoms with Crippen LogP contribution in [0.4, 0.5) is 0 Å². The summed E-state index contributed by atoms with van der Waals surface area (Å²) in [6, 6.07) is 15.9. The third kappa shape index (κ3) is 3.31. The minimum absolute atomic E-state index is 0.199. The first kappa shape index (κ1) is 16.2. The van der Waals surface area contributed by atoms with Gasteiger partial charge in [0.05, 0.1) is 11.8 Å². The molecule has 0 aliphatic rings. The average Bonchev–Trinajstić information content (AvgIpc) is 3.11. The van der Waals surface area contributed by atoms with E-state index in [9.17, 15) is 4.79 Å². The minimum atomic E-state index is -0.199. The highest BCUT2D eigenvalue weighted by molar-refractivity contribution is 7.13. The molecule has 0 aliphatic heterocycles. The van der Waals surface area contributed by atoms with Crippen LogP contribution in [0.25, 0.3) is 5.69 Å². The molecular formula is C19H19N3OS. The first-order valence-corrected chi connectivity index (χ1v) is 8.52. The molecule has 3 rings (SSSR count). The molecule has 3 aromatic rings. The molecule has 0 spiro atoms. The highest BCUT2D eigenvalue weighted by Gasteiger charge is 2.16. The maximum Gasteiger partial charge on any atom is 0.273 e. The quantitative estimate of drug-likeness (QED) is 0.562. The van der Waals surface area contributed by atoms with E-state index in [1.807, 2.05) is 69.3 Å². The number of hydrazone groups is 1. The number of rotatable bonds is 4. The van der Waals surface area contributed by atoms with E-state index in [-0.39, 0.29) is 5.91 Å². The second-order valence-corrected chi connectivity index (χ2v) is 6.92. The predicted octanol–water partition coefficient (Wildman–Crippen LogP) is 4.23. The number of carbonyl (C=O) groups excluding carboxylic acids is 1. The lowest BCUT2D eigenvalue weighted by Crippen LogP contribution is -2.18. The van der Waals surface area contributed by atoms with Gasteiger partial charge in [0.2, 0.25) is 0 Å². The van der Waals surface area contributed by atoms with Gasteiger partial charge in [-0.3, -0.25) is 4.79 Å². The summed E-state index contributed by atoms with van der Waals surface area (Å²) in [6.45, 7) is 5.98. The van der Waals surface area contributed by atoms with Gasteiger partial charge in [-0.25, -0.2) is 5.43 Å². The van der Waals surface area contributed by atoms with Crippen molar-refractivity contribution in [1.29, 1.82) is 0 Å². The standard InChI is InChI=1S/C19H19N3OS/c1-13-11-18(15(3)22(13)16-7-5-4-6-8-16)19(23)21-20-12-17-10-9-14(2)24-17/h4-12H,1-3H3,(H,21,23). The van der Waals surface area contributed by atoms with Crippen molar-refractivity contribution in [2.45, 2.75) is 20.8 Å². The number of hydrogen-bond donors (Lipinski definition) is 1. The van der Waals surface area contributed by atoms with E-state index in [1.54, 1.807) is 17.6 Å². The van der Waals surface area contributed by atoms with Gasteiger partial charge < -0.3 is 4.57 Å². The fraction of sp³-hybridized carbons (Fsp3) is 0.158. The summed E-state index contributed by atoms with van der Waals surface area (Å²) in [4.78, 5) is 14.7. The Hall–Kier alpha value is -2.66. The van der Waals surface area contributed by atoms with E-state index in [2.05, 4.69) is 15.1 Å². The van der Waals surface area contributed by atoms with Crippen LogP contribution in [0.3, 0.4) is 0 Å². The number of nitrogens with zero attached hydrogens (tertiary/aromatic N) is 2. The molecule has 0 unspecified atom stereocenters. The molecule has 5 heteroatoms. The molecule has 2 aromatic heterocycles. The summed E-state index contributed by atoms with van der Waals surface area (Å²) >= 11 is 1.64. The van der Waals surface area contributed by atoms with E-state index >= 15 is 0 Å². The van der Waals surface area contributed by atoms with Crippen LogP contribution in [-0.2, 0) is 0 Å². The summed E-state index contributed by atoms with van der Waals surface area (Å²) in [5, 5.41) is 4.06. The highest BCUT2D eigenvalue weighted by Crippen LogP contribution is 2.20. The number of thiophene rings is 1. The topological polar surface area (TPSA) is 46.4 Å². The number of aryl methyl sites for hydroxylation is 2. The SMILES string of the molecule is Cc1ccc(C=NNC(=O)c2cc(C)n(-c3ccccc3)c2C)s1. The zero-order valence-electron chi connectivity index (χ0n) is 13.9. The average molecular weight is 337 g/mol. The molecule has 1 N–H and O–H groups in total. The summed E-state index contributed by atoms with van der Waals surface area (Å²) in [6.07, 6.45) is 1.67. The fourth-order valence-corrected chi connectivity index (χ4v) is 3.45. The molecule has 0 saturated carbocycles. The van der Waals surface area contributed by atoms with Gasteiger partial charge >= 0.3 is 0 Å². The smallest absolute Gasteiger partial charge is 0.273 e. The molecule has 1 aromatic carbocycles. The van der Waals surface area contributed by atoms with Crippen LogP contribution >= 0.6 is 11.3 Å². The lowest BCUT2D eigenvalue weighted by molar-refractivity contribution is 0.0954. The molecule has 0 saturated heterocycles. The third-order valence-electron chi connectivity index (χ3n) is 3.81. The molecule has 4 nitrogen and oxygen atoms in total. The van der Waals surface area contributed by atoms with Gasteiger partial charge in [0.1, 0.15) is 0 Å². The number of amides is 1. The zero-order valence-corrected chi connectivity index (χ0v) is 14.7. The lowest BCUT2D eigenvalue weighted by atomic mass is 10.2. The van der Waals surface area contributed by atoms with Gasteiger partial charge in [-0.05, 0) is 51.1 Å². The van der Waals surface area contributed by atoms with E-state index in [1.165, 1.54) is 4.88 Å². The summed E-state index contributed by atoms with van der Waals surface area (Å²) in [5.41, 5.74) is 6.21. The van der Waals surface area contributed by atoms with Gasteiger partial charge in [0.15, 0.2) is 0 Å². The molecule has 2 heterocycles. The molecule has 24 heavy (non-hydrogen) atoms. The normalized spacial score (nSPS) is 11.1. The van der Waals surface area contributed by atoms with Gasteiger partial charge in [0, 0.05) is 26.8 Å². The van der Waals surface area contributed by atoms with Crippen molar-refractivity contribution in [3.8, 4) is 5.69 Å². The number of benzene rings is 1. The maximum absolute atomic E-state index is 12.4. The van der Waals surface area contributed by atoms with Crippen molar-refractivity contribution in [3.05, 3.63) is 75.2 Å². The van der Waals surface area contributed by atoms with E-state index in [4.69, 9.17) is 0 Å². The summed E-state index contributed by atoms with van der Waals surface area (Å²) in [7, 11) is 0. The van der Waals surface area contributed by atoms with Crippen molar-refractivity contribution in [2.24, 2.45) is 5.10 Å². The largest absolute Gasteiger partial charge is 0.318 e. The summed E-state index contributed by atoms with van der Waals surface area (Å²) < 4.78 is 2.07. The molecular weight excluding hydrogens is 318 g/mol. The Labute approximate surface area is 145 Å². The van der Waals surface area contributed by atoms with Crippen molar-refractivity contribution in [1.82, 2.24) is 9.99 Å². The van der Waals surface area contributed by atoms with Crippen molar-refractivity contribution in [3.63, 3.8) is 0 Å². The number of nitrogens with one attached hydrogen (secondary N) is 1. The van der Waals surface area contributed by atoms with Crippen LogP contribution < -0.4 is 5.43 Å².